The summed E-state index contributed by atoms with van der Waals surface area (Å²) in [5, 5.41) is 3.75. The summed E-state index contributed by atoms with van der Waals surface area (Å²) in [6, 6.07) is 3.88. The van der Waals surface area contributed by atoms with Crippen molar-refractivity contribution in [3.63, 3.8) is 0 Å². The second-order valence-corrected chi connectivity index (χ2v) is 4.41. The van der Waals surface area contributed by atoms with Gasteiger partial charge in [0.25, 0.3) is 0 Å². The molecule has 0 saturated carbocycles. The van der Waals surface area contributed by atoms with Crippen LogP contribution in [0.4, 0.5) is 0 Å². The number of fused-ring (bicyclic) bond motifs is 1. The van der Waals surface area contributed by atoms with E-state index < -0.39 is 0 Å². The molecule has 1 aromatic carbocycles. The molecule has 0 fully saturated rings. The average molecular weight is 247 g/mol. The molecule has 1 heterocycles. The summed E-state index contributed by atoms with van der Waals surface area (Å²) in [7, 11) is 1.65. The number of rotatable bonds is 2. The van der Waals surface area contributed by atoms with Crippen molar-refractivity contribution in [2.45, 2.75) is 5.88 Å². The lowest BCUT2D eigenvalue weighted by Gasteiger charge is -2.06. The molecule has 0 spiro atoms. The first kappa shape index (κ1) is 10.1. The van der Waals surface area contributed by atoms with Gasteiger partial charge in [-0.3, -0.25) is 0 Å². The summed E-state index contributed by atoms with van der Waals surface area (Å²) < 4.78 is 6.35. The van der Waals surface area contributed by atoms with Crippen LogP contribution in [0.15, 0.2) is 17.5 Å². The van der Waals surface area contributed by atoms with Crippen LogP contribution in [0.5, 0.6) is 5.75 Å². The molecule has 14 heavy (non-hydrogen) atoms. The maximum Gasteiger partial charge on any atom is 0.137 e. The highest BCUT2D eigenvalue weighted by Gasteiger charge is 2.11. The van der Waals surface area contributed by atoms with Crippen LogP contribution in [0.2, 0.25) is 5.02 Å². The maximum atomic E-state index is 6.18. The van der Waals surface area contributed by atoms with Gasteiger partial charge in [0.05, 0.1) is 16.8 Å². The monoisotopic (exact) mass is 246 g/mol. The van der Waals surface area contributed by atoms with E-state index in [1.54, 1.807) is 18.4 Å². The molecule has 1 nitrogen and oxygen atoms in total. The Labute approximate surface area is 96.2 Å². The SMILES string of the molecule is COc1cc(CCl)c(Cl)c2ccsc12. The molecule has 0 atom stereocenters. The van der Waals surface area contributed by atoms with Crippen LogP contribution in [0.25, 0.3) is 10.1 Å². The lowest BCUT2D eigenvalue weighted by atomic mass is 10.2. The van der Waals surface area contributed by atoms with Gasteiger partial charge in [-0.2, -0.15) is 0 Å². The second-order valence-electron chi connectivity index (χ2n) is 2.85. The highest BCUT2D eigenvalue weighted by atomic mass is 35.5. The number of hydrogen-bond donors (Lipinski definition) is 0. The van der Waals surface area contributed by atoms with Crippen molar-refractivity contribution in [1.29, 1.82) is 0 Å². The van der Waals surface area contributed by atoms with Gasteiger partial charge in [-0.25, -0.2) is 0 Å². The third-order valence-corrected chi connectivity index (χ3v) is 3.74. The number of benzene rings is 1. The molecule has 0 aliphatic heterocycles. The van der Waals surface area contributed by atoms with Gasteiger partial charge in [-0.05, 0) is 23.1 Å². The van der Waals surface area contributed by atoms with E-state index in [4.69, 9.17) is 27.9 Å². The molecule has 2 aromatic rings. The fraction of sp³-hybridized carbons (Fsp3) is 0.200. The Morgan fingerprint density at radius 3 is 2.93 bits per heavy atom. The second kappa shape index (κ2) is 3.97. The zero-order chi connectivity index (χ0) is 10.1. The number of thiophene rings is 1. The Hall–Kier alpha value is -0.440. The van der Waals surface area contributed by atoms with Gasteiger partial charge in [0.15, 0.2) is 0 Å². The van der Waals surface area contributed by atoms with Gasteiger partial charge in [0.2, 0.25) is 0 Å². The van der Waals surface area contributed by atoms with E-state index in [9.17, 15) is 0 Å². The van der Waals surface area contributed by atoms with E-state index in [1.165, 1.54) is 0 Å². The normalized spacial score (nSPS) is 10.8. The van der Waals surface area contributed by atoms with Crippen molar-refractivity contribution >= 4 is 44.6 Å². The highest BCUT2D eigenvalue weighted by molar-refractivity contribution is 7.17. The molecule has 2 rings (SSSR count). The van der Waals surface area contributed by atoms with Crippen molar-refractivity contribution in [2.75, 3.05) is 7.11 Å². The lowest BCUT2D eigenvalue weighted by Crippen LogP contribution is -1.87. The molecule has 0 amide bonds. The van der Waals surface area contributed by atoms with Gasteiger partial charge >= 0.3 is 0 Å². The smallest absolute Gasteiger partial charge is 0.137 e. The molecule has 1 aromatic heterocycles. The number of hydrogen-bond acceptors (Lipinski definition) is 2. The average Bonchev–Trinajstić information content (AvgIpc) is 2.68. The van der Waals surface area contributed by atoms with Crippen LogP contribution < -0.4 is 4.74 Å². The first-order chi connectivity index (χ1) is 6.77. The molecular weight excluding hydrogens is 239 g/mol. The first-order valence-corrected chi connectivity index (χ1v) is 5.85. The van der Waals surface area contributed by atoms with Crippen molar-refractivity contribution in [3.05, 3.63) is 28.1 Å². The van der Waals surface area contributed by atoms with E-state index in [0.717, 1.165) is 26.4 Å². The quantitative estimate of drug-likeness (QED) is 0.719. The van der Waals surface area contributed by atoms with Gasteiger partial charge in [-0.1, -0.05) is 11.6 Å². The summed E-state index contributed by atoms with van der Waals surface area (Å²) in [5.41, 5.74) is 0.913. The minimum Gasteiger partial charge on any atom is -0.495 e. The molecule has 0 N–H and O–H groups in total. The minimum absolute atomic E-state index is 0.404. The Morgan fingerprint density at radius 2 is 2.29 bits per heavy atom. The van der Waals surface area contributed by atoms with Gasteiger partial charge in [0.1, 0.15) is 5.75 Å². The van der Waals surface area contributed by atoms with Crippen LogP contribution in [0, 0.1) is 0 Å². The minimum atomic E-state index is 0.404. The lowest BCUT2D eigenvalue weighted by molar-refractivity contribution is 0.420. The number of methoxy groups -OCH3 is 1. The first-order valence-electron chi connectivity index (χ1n) is 4.06. The van der Waals surface area contributed by atoms with E-state index >= 15 is 0 Å². The molecule has 0 saturated heterocycles. The summed E-state index contributed by atoms with van der Waals surface area (Å²) in [6.45, 7) is 0. The predicted molar refractivity (Wildman–Crippen MR) is 62.9 cm³/mol. The van der Waals surface area contributed by atoms with E-state index in [0.29, 0.717) is 5.88 Å². The zero-order valence-corrected chi connectivity index (χ0v) is 9.84. The van der Waals surface area contributed by atoms with Crippen molar-refractivity contribution in [3.8, 4) is 5.75 Å². The van der Waals surface area contributed by atoms with E-state index in [2.05, 4.69) is 0 Å². The van der Waals surface area contributed by atoms with Crippen LogP contribution in [-0.4, -0.2) is 7.11 Å². The van der Waals surface area contributed by atoms with Gasteiger partial charge in [-0.15, -0.1) is 22.9 Å². The van der Waals surface area contributed by atoms with Crippen molar-refractivity contribution in [1.82, 2.24) is 0 Å². The number of halogens is 2. The molecular formula is C10H8Cl2OS. The largest absolute Gasteiger partial charge is 0.495 e. The third kappa shape index (κ3) is 1.48. The van der Waals surface area contributed by atoms with Crippen LogP contribution >= 0.6 is 34.5 Å². The van der Waals surface area contributed by atoms with Crippen LogP contribution in [0.3, 0.4) is 0 Å². The fourth-order valence-corrected chi connectivity index (χ4v) is 2.89. The van der Waals surface area contributed by atoms with Gasteiger partial charge < -0.3 is 4.74 Å². The highest BCUT2D eigenvalue weighted by Crippen LogP contribution is 2.38. The Balaban J connectivity index is 2.80. The summed E-state index contributed by atoms with van der Waals surface area (Å²) in [6.07, 6.45) is 0. The van der Waals surface area contributed by atoms with Crippen LogP contribution in [-0.2, 0) is 5.88 Å². The zero-order valence-electron chi connectivity index (χ0n) is 7.51. The molecule has 0 bridgehead atoms. The summed E-state index contributed by atoms with van der Waals surface area (Å²) in [5.74, 6) is 1.25. The van der Waals surface area contributed by atoms with E-state index in [1.807, 2.05) is 17.5 Å². The molecule has 0 unspecified atom stereocenters. The van der Waals surface area contributed by atoms with Crippen LogP contribution in [0.1, 0.15) is 5.56 Å². The topological polar surface area (TPSA) is 9.23 Å². The predicted octanol–water partition coefficient (Wildman–Crippen LogP) is 4.30. The molecule has 0 radical (unpaired) electrons. The Bertz CT molecular complexity index is 464. The Morgan fingerprint density at radius 1 is 1.50 bits per heavy atom. The summed E-state index contributed by atoms with van der Waals surface area (Å²) >= 11 is 13.6. The number of alkyl halides is 1. The summed E-state index contributed by atoms with van der Waals surface area (Å²) in [4.78, 5) is 0. The van der Waals surface area contributed by atoms with E-state index in [-0.39, 0.29) is 0 Å². The standard InChI is InChI=1S/C10H8Cl2OS/c1-13-8-4-6(5-11)9(12)7-2-3-14-10(7)8/h2-4H,5H2,1H3. The molecule has 0 aliphatic carbocycles. The van der Waals surface area contributed by atoms with Crippen molar-refractivity contribution < 1.29 is 4.74 Å². The molecule has 0 aliphatic rings. The van der Waals surface area contributed by atoms with Crippen molar-refractivity contribution in [2.24, 2.45) is 0 Å². The fourth-order valence-electron chi connectivity index (χ4n) is 1.38. The van der Waals surface area contributed by atoms with Gasteiger partial charge in [0, 0.05) is 11.3 Å². The maximum absolute atomic E-state index is 6.18. The Kier molecular flexibility index (Phi) is 2.86. The molecule has 4 heteroatoms. The molecule has 74 valence electrons. The number of ether oxygens (including phenoxy) is 1. The third-order valence-electron chi connectivity index (χ3n) is 2.08.